The van der Waals surface area contributed by atoms with Crippen LogP contribution in [0.5, 0.6) is 5.88 Å². The summed E-state index contributed by atoms with van der Waals surface area (Å²) < 4.78 is 32.5. The molecule has 0 bridgehead atoms. The predicted octanol–water partition coefficient (Wildman–Crippen LogP) is 3.99. The Kier molecular flexibility index (Phi) is 4.97. The molecule has 1 aliphatic heterocycles. The zero-order chi connectivity index (χ0) is 18.0. The Morgan fingerprint density at radius 2 is 2.04 bits per heavy atom. The van der Waals surface area contributed by atoms with E-state index in [-0.39, 0.29) is 5.91 Å². The number of benzene rings is 1. The van der Waals surface area contributed by atoms with Crippen LogP contribution in [0, 0.1) is 17.6 Å². The van der Waals surface area contributed by atoms with Crippen LogP contribution in [0.2, 0.25) is 0 Å². The lowest BCUT2D eigenvalue weighted by molar-refractivity contribution is 0.0984. The molecule has 4 nitrogen and oxygen atoms in total. The van der Waals surface area contributed by atoms with E-state index in [1.807, 2.05) is 13.8 Å². The predicted molar refractivity (Wildman–Crippen MR) is 90.9 cm³/mol. The molecular formula is C19H20F2N2O2. The van der Waals surface area contributed by atoms with Gasteiger partial charge in [-0.25, -0.2) is 13.8 Å². The topological polar surface area (TPSA) is 42.4 Å². The Morgan fingerprint density at radius 3 is 2.72 bits per heavy atom. The Hall–Kier alpha value is -2.50. The second-order valence-corrected chi connectivity index (χ2v) is 6.55. The van der Waals surface area contributed by atoms with Gasteiger partial charge in [0.1, 0.15) is 0 Å². The van der Waals surface area contributed by atoms with Crippen molar-refractivity contribution in [3.05, 3.63) is 53.2 Å². The summed E-state index contributed by atoms with van der Waals surface area (Å²) in [5, 5.41) is 0. The highest BCUT2D eigenvalue weighted by molar-refractivity contribution is 6.06. The average Bonchev–Trinajstić information content (AvgIpc) is 2.60. The maximum absolute atomic E-state index is 13.6. The van der Waals surface area contributed by atoms with Gasteiger partial charge in [0.05, 0.1) is 17.9 Å². The molecule has 1 aliphatic rings. The van der Waals surface area contributed by atoms with Crippen molar-refractivity contribution < 1.29 is 18.3 Å². The van der Waals surface area contributed by atoms with E-state index in [1.165, 1.54) is 17.2 Å². The molecule has 1 aromatic carbocycles. The Morgan fingerprint density at radius 1 is 1.28 bits per heavy atom. The van der Waals surface area contributed by atoms with Crippen molar-refractivity contribution >= 4 is 11.6 Å². The molecule has 0 N–H and O–H groups in total. The van der Waals surface area contributed by atoms with Gasteiger partial charge in [0.25, 0.3) is 5.91 Å². The number of fused-ring (bicyclic) bond motifs is 1. The minimum Gasteiger partial charge on any atom is -0.477 e. The molecule has 0 atom stereocenters. The van der Waals surface area contributed by atoms with E-state index < -0.39 is 11.6 Å². The number of hydrogen-bond acceptors (Lipinski definition) is 3. The van der Waals surface area contributed by atoms with Crippen molar-refractivity contribution in [3.63, 3.8) is 0 Å². The number of rotatable bonds is 4. The van der Waals surface area contributed by atoms with Crippen LogP contribution in [-0.2, 0) is 6.42 Å². The zero-order valence-corrected chi connectivity index (χ0v) is 14.3. The van der Waals surface area contributed by atoms with Gasteiger partial charge in [-0.2, -0.15) is 0 Å². The third kappa shape index (κ3) is 3.78. The van der Waals surface area contributed by atoms with Gasteiger partial charge in [0.15, 0.2) is 11.6 Å². The summed E-state index contributed by atoms with van der Waals surface area (Å²) >= 11 is 0. The largest absolute Gasteiger partial charge is 0.477 e. The van der Waals surface area contributed by atoms with Crippen LogP contribution in [-0.4, -0.2) is 24.0 Å². The molecule has 0 saturated carbocycles. The lowest BCUT2D eigenvalue weighted by atomic mass is 10.0. The number of hydrogen-bond donors (Lipinski definition) is 0. The number of ether oxygens (including phenoxy) is 1. The normalized spacial score (nSPS) is 13.7. The molecule has 2 aromatic rings. The van der Waals surface area contributed by atoms with Crippen LogP contribution in [0.1, 0.15) is 36.2 Å². The number of amides is 1. The van der Waals surface area contributed by atoms with E-state index in [1.54, 1.807) is 12.1 Å². The average molecular weight is 346 g/mol. The summed E-state index contributed by atoms with van der Waals surface area (Å²) in [6.45, 7) is 5.08. The standard InChI is InChI=1S/C19H20F2N2O2/c1-12(2)11-25-18-6-5-14(10-22-18)19(24)23-7-3-4-13-8-15(20)16(21)9-17(13)23/h5-6,8-10,12H,3-4,7,11H2,1-2H3. The van der Waals surface area contributed by atoms with Crippen molar-refractivity contribution in [2.45, 2.75) is 26.7 Å². The molecular weight excluding hydrogens is 326 g/mol. The number of carbonyl (C=O) groups is 1. The van der Waals surface area contributed by atoms with Crippen molar-refractivity contribution in [2.75, 3.05) is 18.1 Å². The number of pyridine rings is 1. The van der Waals surface area contributed by atoms with Gasteiger partial charge in [-0.1, -0.05) is 13.8 Å². The van der Waals surface area contributed by atoms with E-state index in [9.17, 15) is 13.6 Å². The van der Waals surface area contributed by atoms with Crippen molar-refractivity contribution in [2.24, 2.45) is 5.92 Å². The van der Waals surface area contributed by atoms with Gasteiger partial charge in [-0.15, -0.1) is 0 Å². The second-order valence-electron chi connectivity index (χ2n) is 6.55. The van der Waals surface area contributed by atoms with Gasteiger partial charge < -0.3 is 9.64 Å². The number of anilines is 1. The first-order chi connectivity index (χ1) is 12.0. The highest BCUT2D eigenvalue weighted by Gasteiger charge is 2.25. The first-order valence-corrected chi connectivity index (χ1v) is 8.34. The molecule has 1 aromatic heterocycles. The van der Waals surface area contributed by atoms with Crippen LogP contribution in [0.3, 0.4) is 0 Å². The lowest BCUT2D eigenvalue weighted by Crippen LogP contribution is -2.35. The number of halogens is 2. The molecule has 6 heteroatoms. The first-order valence-electron chi connectivity index (χ1n) is 8.34. The van der Waals surface area contributed by atoms with Crippen molar-refractivity contribution in [1.82, 2.24) is 4.98 Å². The van der Waals surface area contributed by atoms with Crippen LogP contribution < -0.4 is 9.64 Å². The quantitative estimate of drug-likeness (QED) is 0.841. The number of aryl methyl sites for hydroxylation is 1. The van der Waals surface area contributed by atoms with E-state index >= 15 is 0 Å². The molecule has 2 heterocycles. The fourth-order valence-corrected chi connectivity index (χ4v) is 2.79. The minimum absolute atomic E-state index is 0.283. The maximum atomic E-state index is 13.6. The third-order valence-corrected chi connectivity index (χ3v) is 4.03. The Bertz CT molecular complexity index is 776. The highest BCUT2D eigenvalue weighted by Crippen LogP contribution is 2.30. The SMILES string of the molecule is CC(C)COc1ccc(C(=O)N2CCCc3cc(F)c(F)cc32)cn1. The van der Waals surface area contributed by atoms with E-state index in [0.717, 1.165) is 6.07 Å². The van der Waals surface area contributed by atoms with Crippen molar-refractivity contribution in [1.29, 1.82) is 0 Å². The fourth-order valence-electron chi connectivity index (χ4n) is 2.79. The van der Waals surface area contributed by atoms with Crippen LogP contribution in [0.25, 0.3) is 0 Å². The molecule has 0 saturated heterocycles. The molecule has 132 valence electrons. The van der Waals surface area contributed by atoms with Crippen LogP contribution in [0.4, 0.5) is 14.5 Å². The fraction of sp³-hybridized carbons (Fsp3) is 0.368. The summed E-state index contributed by atoms with van der Waals surface area (Å²) in [5.74, 6) is -1.29. The highest BCUT2D eigenvalue weighted by atomic mass is 19.2. The van der Waals surface area contributed by atoms with E-state index in [0.29, 0.717) is 54.6 Å². The number of nitrogens with zero attached hydrogens (tertiary/aromatic N) is 2. The molecule has 0 unspecified atom stereocenters. The number of carbonyl (C=O) groups excluding carboxylic acids is 1. The van der Waals surface area contributed by atoms with Crippen LogP contribution in [0.15, 0.2) is 30.5 Å². The summed E-state index contributed by atoms with van der Waals surface area (Å²) in [7, 11) is 0. The van der Waals surface area contributed by atoms with Gasteiger partial charge >= 0.3 is 0 Å². The molecule has 0 aliphatic carbocycles. The smallest absolute Gasteiger partial charge is 0.259 e. The first kappa shape index (κ1) is 17.3. The minimum atomic E-state index is -0.950. The monoisotopic (exact) mass is 346 g/mol. The Labute approximate surface area is 145 Å². The van der Waals surface area contributed by atoms with Crippen LogP contribution >= 0.6 is 0 Å². The summed E-state index contributed by atoms with van der Waals surface area (Å²) in [5.41, 5.74) is 1.45. The molecule has 25 heavy (non-hydrogen) atoms. The van der Waals surface area contributed by atoms with Gasteiger partial charge in [-0.05, 0) is 36.5 Å². The Balaban J connectivity index is 1.81. The van der Waals surface area contributed by atoms with Gasteiger partial charge in [0, 0.05) is 24.9 Å². The summed E-state index contributed by atoms with van der Waals surface area (Å²) in [4.78, 5) is 18.4. The second kappa shape index (κ2) is 7.17. The number of aromatic nitrogens is 1. The molecule has 0 spiro atoms. The maximum Gasteiger partial charge on any atom is 0.259 e. The van der Waals surface area contributed by atoms with Crippen molar-refractivity contribution in [3.8, 4) is 5.88 Å². The zero-order valence-electron chi connectivity index (χ0n) is 14.3. The lowest BCUT2D eigenvalue weighted by Gasteiger charge is -2.29. The molecule has 0 fully saturated rings. The van der Waals surface area contributed by atoms with Gasteiger partial charge in [0.2, 0.25) is 5.88 Å². The molecule has 1 amide bonds. The van der Waals surface area contributed by atoms with E-state index in [4.69, 9.17) is 4.74 Å². The molecule has 3 rings (SSSR count). The van der Waals surface area contributed by atoms with Gasteiger partial charge in [-0.3, -0.25) is 4.79 Å². The summed E-state index contributed by atoms with van der Waals surface area (Å²) in [6, 6.07) is 5.55. The summed E-state index contributed by atoms with van der Waals surface area (Å²) in [6.07, 6.45) is 2.77. The third-order valence-electron chi connectivity index (χ3n) is 4.03. The van der Waals surface area contributed by atoms with E-state index in [2.05, 4.69) is 4.98 Å². The molecule has 0 radical (unpaired) electrons.